The molecule has 0 amide bonds. The molecule has 0 spiro atoms. The minimum atomic E-state index is -0.453. The Morgan fingerprint density at radius 3 is 2.85 bits per heavy atom. The van der Waals surface area contributed by atoms with Crippen LogP contribution in [0.3, 0.4) is 0 Å². The number of pyridine rings is 1. The van der Waals surface area contributed by atoms with E-state index in [9.17, 15) is 4.39 Å². The first-order chi connectivity index (χ1) is 12.6. The van der Waals surface area contributed by atoms with Crippen molar-refractivity contribution in [2.24, 2.45) is 9.98 Å². The van der Waals surface area contributed by atoms with E-state index in [1.807, 2.05) is 12.1 Å². The fraction of sp³-hybridized carbons (Fsp3) is 0.105. The summed E-state index contributed by atoms with van der Waals surface area (Å²) in [5.74, 6) is 0.829. The van der Waals surface area contributed by atoms with Crippen molar-refractivity contribution in [3.63, 3.8) is 0 Å². The van der Waals surface area contributed by atoms with Gasteiger partial charge in [0.2, 0.25) is 0 Å². The first-order valence-electron chi connectivity index (χ1n) is 7.93. The van der Waals surface area contributed by atoms with Gasteiger partial charge in [-0.3, -0.25) is 9.98 Å². The normalized spacial score (nSPS) is 21.4. The molecule has 0 radical (unpaired) electrons. The molecule has 2 aliphatic rings. The van der Waals surface area contributed by atoms with Crippen LogP contribution in [0, 0.1) is 5.82 Å². The van der Waals surface area contributed by atoms with Crippen LogP contribution in [0.25, 0.3) is 0 Å². The largest absolute Gasteiger partial charge is 0.340 e. The van der Waals surface area contributed by atoms with Crippen molar-refractivity contribution < 1.29 is 4.39 Å². The third-order valence-electron chi connectivity index (χ3n) is 3.99. The van der Waals surface area contributed by atoms with Crippen molar-refractivity contribution in [1.29, 1.82) is 0 Å². The molecule has 0 fully saturated rings. The topological polar surface area (TPSA) is 49.6 Å². The summed E-state index contributed by atoms with van der Waals surface area (Å²) in [7, 11) is 0. The van der Waals surface area contributed by atoms with E-state index < -0.39 is 5.82 Å². The quantitative estimate of drug-likeness (QED) is 0.382. The maximum atomic E-state index is 13.4. The second-order valence-corrected chi connectivity index (χ2v) is 7.65. The number of allylic oxidation sites excluding steroid dienone is 2. The molecule has 2 atom stereocenters. The molecule has 4 rings (SSSR count). The molecular weight excluding hydrogens is 466 g/mol. The lowest BCUT2D eigenvalue weighted by molar-refractivity contribution is 0.628. The van der Waals surface area contributed by atoms with Crippen LogP contribution >= 0.6 is 34.2 Å². The van der Waals surface area contributed by atoms with Gasteiger partial charge in [0.25, 0.3) is 0 Å². The van der Waals surface area contributed by atoms with Gasteiger partial charge in [-0.15, -0.1) is 0 Å². The Bertz CT molecular complexity index is 969. The zero-order valence-electron chi connectivity index (χ0n) is 13.4. The van der Waals surface area contributed by atoms with E-state index >= 15 is 0 Å². The van der Waals surface area contributed by atoms with Crippen LogP contribution in [0.1, 0.15) is 5.56 Å². The predicted octanol–water partition coefficient (Wildman–Crippen LogP) is 4.81. The summed E-state index contributed by atoms with van der Waals surface area (Å²) in [6.07, 6.45) is 9.74. The average Bonchev–Trinajstić information content (AvgIpc) is 2.65. The molecule has 0 saturated carbocycles. The smallest absolute Gasteiger partial charge is 0.159 e. The van der Waals surface area contributed by atoms with Gasteiger partial charge in [0.1, 0.15) is 11.7 Å². The Morgan fingerprint density at radius 1 is 1.19 bits per heavy atom. The number of nitrogens with one attached hydrogen (secondary N) is 1. The average molecular weight is 479 g/mol. The van der Waals surface area contributed by atoms with Crippen LogP contribution < -0.4 is 5.32 Å². The summed E-state index contributed by atoms with van der Waals surface area (Å²) >= 11 is 8.24. The molecule has 1 N–H and O–H groups in total. The van der Waals surface area contributed by atoms with Gasteiger partial charge in [-0.25, -0.2) is 9.38 Å². The Hall–Kier alpha value is -2.06. The van der Waals surface area contributed by atoms with Crippen LogP contribution in [-0.2, 0) is 0 Å². The minimum Gasteiger partial charge on any atom is -0.340 e. The van der Waals surface area contributed by atoms with E-state index in [2.05, 4.69) is 51.1 Å². The van der Waals surface area contributed by atoms with Gasteiger partial charge in [-0.1, -0.05) is 52.4 Å². The summed E-state index contributed by atoms with van der Waals surface area (Å²) in [6.45, 7) is 0. The molecule has 2 heterocycles. The number of hydrogen-bond donors (Lipinski definition) is 1. The lowest BCUT2D eigenvalue weighted by Crippen LogP contribution is -2.30. The number of rotatable bonds is 2. The number of anilines is 1. The number of hydrogen-bond acceptors (Lipinski definition) is 4. The van der Waals surface area contributed by atoms with Crippen LogP contribution in [0.2, 0.25) is 5.02 Å². The molecule has 1 aromatic carbocycles. The van der Waals surface area contributed by atoms with Crippen molar-refractivity contribution >= 4 is 51.6 Å². The molecule has 130 valence electrons. The van der Waals surface area contributed by atoms with Crippen molar-refractivity contribution in [3.05, 3.63) is 82.9 Å². The van der Waals surface area contributed by atoms with Crippen LogP contribution in [-0.4, -0.2) is 26.6 Å². The van der Waals surface area contributed by atoms with Gasteiger partial charge >= 0.3 is 0 Å². The molecule has 1 aromatic heterocycles. The molecule has 4 nitrogen and oxygen atoms in total. The Labute approximate surface area is 168 Å². The van der Waals surface area contributed by atoms with Crippen molar-refractivity contribution in [1.82, 2.24) is 4.98 Å². The maximum Gasteiger partial charge on any atom is 0.159 e. The predicted molar refractivity (Wildman–Crippen MR) is 112 cm³/mol. The van der Waals surface area contributed by atoms with E-state index in [1.54, 1.807) is 24.5 Å². The lowest BCUT2D eigenvalue weighted by Gasteiger charge is -2.25. The highest BCUT2D eigenvalue weighted by Crippen LogP contribution is 2.27. The zero-order chi connectivity index (χ0) is 18.1. The van der Waals surface area contributed by atoms with Crippen LogP contribution in [0.4, 0.5) is 10.1 Å². The number of nitrogens with zero attached hydrogens (tertiary/aromatic N) is 3. The highest BCUT2D eigenvalue weighted by atomic mass is 127. The fourth-order valence-corrected chi connectivity index (χ4v) is 3.56. The maximum absolute atomic E-state index is 13.4. The van der Waals surface area contributed by atoms with Gasteiger partial charge in [0.15, 0.2) is 5.84 Å². The van der Waals surface area contributed by atoms with Gasteiger partial charge in [0.05, 0.1) is 11.1 Å². The highest BCUT2D eigenvalue weighted by Gasteiger charge is 2.26. The molecule has 0 bridgehead atoms. The van der Waals surface area contributed by atoms with Gasteiger partial charge in [-0.2, -0.15) is 0 Å². The monoisotopic (exact) mass is 478 g/mol. The number of benzene rings is 1. The van der Waals surface area contributed by atoms with Crippen molar-refractivity contribution in [3.8, 4) is 0 Å². The first kappa shape index (κ1) is 17.4. The van der Waals surface area contributed by atoms with E-state index in [0.717, 1.165) is 11.1 Å². The fourth-order valence-electron chi connectivity index (χ4n) is 2.75. The summed E-state index contributed by atoms with van der Waals surface area (Å²) in [5.41, 5.74) is 2.50. The summed E-state index contributed by atoms with van der Waals surface area (Å²) in [4.78, 5) is 13.6. The summed E-state index contributed by atoms with van der Waals surface area (Å²) in [5, 5.41) is 3.32. The number of alkyl halides is 1. The SMILES string of the molecule is Fc1ccc(NC2=NC(c3cccnc3)=NC3C=CC(I)C=C23)cc1Cl. The Balaban J connectivity index is 1.74. The second-order valence-electron chi connectivity index (χ2n) is 5.80. The third-order valence-corrected chi connectivity index (χ3v) is 5.05. The standard InChI is InChI=1S/C19H13ClFIN4/c20-15-9-13(4-5-16(15)21)24-19-14-8-12(22)3-6-17(14)25-18(26-19)11-2-1-7-23-10-11/h1-10,12,17H,(H,24,25,26). The van der Waals surface area contributed by atoms with Gasteiger partial charge in [0, 0.05) is 33.1 Å². The molecule has 1 aliphatic heterocycles. The number of halogens is 3. The number of amidine groups is 2. The van der Waals surface area contributed by atoms with Gasteiger partial charge < -0.3 is 5.32 Å². The molecule has 2 unspecified atom stereocenters. The van der Waals surface area contributed by atoms with E-state index in [1.165, 1.54) is 6.07 Å². The number of fused-ring (bicyclic) bond motifs is 1. The van der Waals surface area contributed by atoms with E-state index in [-0.39, 0.29) is 15.0 Å². The van der Waals surface area contributed by atoms with Crippen LogP contribution in [0.15, 0.2) is 76.5 Å². The Morgan fingerprint density at radius 2 is 2.08 bits per heavy atom. The van der Waals surface area contributed by atoms with E-state index in [0.29, 0.717) is 17.4 Å². The number of aliphatic imine (C=N–C) groups is 2. The zero-order valence-corrected chi connectivity index (χ0v) is 16.3. The van der Waals surface area contributed by atoms with Crippen LogP contribution in [0.5, 0.6) is 0 Å². The Kier molecular flexibility index (Phi) is 4.86. The molecule has 26 heavy (non-hydrogen) atoms. The summed E-state index contributed by atoms with van der Waals surface area (Å²) < 4.78 is 13.7. The third kappa shape index (κ3) is 3.57. The molecule has 2 aromatic rings. The van der Waals surface area contributed by atoms with Gasteiger partial charge in [-0.05, 0) is 30.3 Å². The summed E-state index contributed by atoms with van der Waals surface area (Å²) in [6, 6.07) is 8.16. The molecule has 0 saturated heterocycles. The lowest BCUT2D eigenvalue weighted by atomic mass is 9.97. The van der Waals surface area contributed by atoms with Crippen molar-refractivity contribution in [2.75, 3.05) is 5.32 Å². The van der Waals surface area contributed by atoms with E-state index in [4.69, 9.17) is 21.6 Å². The number of aromatic nitrogens is 1. The second kappa shape index (κ2) is 7.28. The molecular formula is C19H13ClFIN4. The van der Waals surface area contributed by atoms with Crippen molar-refractivity contribution in [2.45, 2.75) is 9.97 Å². The highest BCUT2D eigenvalue weighted by molar-refractivity contribution is 14.1. The minimum absolute atomic E-state index is 0.0633. The first-order valence-corrected chi connectivity index (χ1v) is 9.56. The molecule has 7 heteroatoms. The molecule has 1 aliphatic carbocycles.